The van der Waals surface area contributed by atoms with Crippen molar-refractivity contribution in [3.63, 3.8) is 0 Å². The van der Waals surface area contributed by atoms with E-state index in [0.29, 0.717) is 25.9 Å². The van der Waals surface area contributed by atoms with E-state index in [2.05, 4.69) is 6.07 Å². The summed E-state index contributed by atoms with van der Waals surface area (Å²) in [5.74, 6) is -0.179. The number of aromatic nitrogens is 1. The third kappa shape index (κ3) is 4.59. The first-order valence-electron chi connectivity index (χ1n) is 9.50. The summed E-state index contributed by atoms with van der Waals surface area (Å²) in [5, 5.41) is 3.08. The van der Waals surface area contributed by atoms with Crippen LogP contribution in [-0.2, 0) is 20.7 Å². The number of hydrogen-bond donors (Lipinski definition) is 0. The highest BCUT2D eigenvalue weighted by Crippen LogP contribution is 2.32. The molecule has 0 radical (unpaired) electrons. The Hall–Kier alpha value is -2.25. The molecule has 28 heavy (non-hydrogen) atoms. The fourth-order valence-electron chi connectivity index (χ4n) is 3.46. The molecule has 2 aromatic heterocycles. The largest absolute Gasteiger partial charge is 0.456 e. The number of thiazole rings is 1. The number of fused-ring (bicyclic) bond motifs is 1. The van der Waals surface area contributed by atoms with E-state index in [0.717, 1.165) is 28.2 Å². The van der Waals surface area contributed by atoms with E-state index in [1.807, 2.05) is 40.6 Å². The summed E-state index contributed by atoms with van der Waals surface area (Å²) in [5.41, 5.74) is 1.02. The van der Waals surface area contributed by atoms with Crippen molar-refractivity contribution in [2.75, 3.05) is 19.7 Å². The number of benzene rings is 1. The number of carbonyl (C=O) groups excluding carboxylic acids is 2. The topological polar surface area (TPSA) is 59.5 Å². The van der Waals surface area contributed by atoms with Gasteiger partial charge in [-0.3, -0.25) is 9.59 Å². The van der Waals surface area contributed by atoms with Crippen LogP contribution in [0.15, 0.2) is 41.8 Å². The Morgan fingerprint density at radius 3 is 2.93 bits per heavy atom. The van der Waals surface area contributed by atoms with Gasteiger partial charge in [0.1, 0.15) is 0 Å². The molecule has 3 aromatic rings. The predicted octanol–water partition coefficient (Wildman–Crippen LogP) is 4.24. The van der Waals surface area contributed by atoms with E-state index in [1.54, 1.807) is 22.7 Å². The number of para-hydroxylation sites is 1. The molecule has 7 heteroatoms. The summed E-state index contributed by atoms with van der Waals surface area (Å²) in [7, 11) is 0. The van der Waals surface area contributed by atoms with E-state index in [1.165, 1.54) is 4.70 Å². The van der Waals surface area contributed by atoms with E-state index in [4.69, 9.17) is 9.72 Å². The molecule has 5 nitrogen and oxygen atoms in total. The van der Waals surface area contributed by atoms with E-state index < -0.39 is 0 Å². The average molecular weight is 415 g/mol. The first-order chi connectivity index (χ1) is 13.7. The van der Waals surface area contributed by atoms with Crippen molar-refractivity contribution in [3.05, 3.63) is 51.7 Å². The van der Waals surface area contributed by atoms with Gasteiger partial charge in [0.05, 0.1) is 21.6 Å². The fourth-order valence-corrected chi connectivity index (χ4v) is 5.26. The summed E-state index contributed by atoms with van der Waals surface area (Å²) in [6, 6.07) is 12.1. The summed E-state index contributed by atoms with van der Waals surface area (Å²) in [4.78, 5) is 32.1. The molecule has 0 bridgehead atoms. The molecule has 0 aliphatic carbocycles. The van der Waals surface area contributed by atoms with Crippen molar-refractivity contribution in [3.8, 4) is 0 Å². The second-order valence-corrected chi connectivity index (χ2v) is 9.03. The SMILES string of the molecule is O=C(CCc1cccs1)OCC(=O)N1CCC[C@@H](c2nc3ccccc3s2)C1. The number of nitrogens with zero attached hydrogens (tertiary/aromatic N) is 2. The third-order valence-corrected chi connectivity index (χ3v) is 7.08. The number of ether oxygens (including phenoxy) is 1. The highest BCUT2D eigenvalue weighted by Gasteiger charge is 2.27. The molecular weight excluding hydrogens is 392 g/mol. The number of aryl methyl sites for hydroxylation is 1. The molecule has 1 aliphatic rings. The molecule has 1 aromatic carbocycles. The number of hydrogen-bond acceptors (Lipinski definition) is 6. The summed E-state index contributed by atoms with van der Waals surface area (Å²) >= 11 is 3.33. The van der Waals surface area contributed by atoms with Crippen molar-refractivity contribution in [2.45, 2.75) is 31.6 Å². The van der Waals surface area contributed by atoms with Gasteiger partial charge in [-0.2, -0.15) is 0 Å². The molecule has 1 fully saturated rings. The van der Waals surface area contributed by atoms with Crippen molar-refractivity contribution in [2.24, 2.45) is 0 Å². The summed E-state index contributed by atoms with van der Waals surface area (Å²) in [6.45, 7) is 1.19. The van der Waals surface area contributed by atoms with Gasteiger partial charge in [0, 0.05) is 23.9 Å². The van der Waals surface area contributed by atoms with Crippen molar-refractivity contribution >= 4 is 44.8 Å². The Bertz CT molecular complexity index is 919. The maximum atomic E-state index is 12.5. The molecule has 1 aliphatic heterocycles. The van der Waals surface area contributed by atoms with Gasteiger partial charge < -0.3 is 9.64 Å². The Labute approximate surface area is 172 Å². The summed E-state index contributed by atoms with van der Waals surface area (Å²) in [6.07, 6.45) is 2.94. The Morgan fingerprint density at radius 1 is 1.21 bits per heavy atom. The van der Waals surface area contributed by atoms with Gasteiger partial charge in [0.15, 0.2) is 6.61 Å². The van der Waals surface area contributed by atoms with E-state index in [-0.39, 0.29) is 24.4 Å². The molecule has 146 valence electrons. The van der Waals surface area contributed by atoms with E-state index >= 15 is 0 Å². The van der Waals surface area contributed by atoms with Gasteiger partial charge in [-0.25, -0.2) is 4.98 Å². The van der Waals surface area contributed by atoms with Crippen molar-refractivity contribution in [1.82, 2.24) is 9.88 Å². The highest BCUT2D eigenvalue weighted by atomic mass is 32.1. The van der Waals surface area contributed by atoms with Gasteiger partial charge in [0.25, 0.3) is 5.91 Å². The normalized spacial score (nSPS) is 17.0. The van der Waals surface area contributed by atoms with Crippen LogP contribution in [0, 0.1) is 0 Å². The zero-order valence-electron chi connectivity index (χ0n) is 15.5. The lowest BCUT2D eigenvalue weighted by atomic mass is 9.99. The van der Waals surface area contributed by atoms with Crippen LogP contribution in [0.2, 0.25) is 0 Å². The molecule has 0 saturated carbocycles. The second kappa shape index (κ2) is 8.84. The van der Waals surface area contributed by atoms with Crippen LogP contribution >= 0.6 is 22.7 Å². The minimum atomic E-state index is -0.318. The van der Waals surface area contributed by atoms with Crippen LogP contribution in [0.1, 0.15) is 35.1 Å². The first kappa shape index (κ1) is 19.1. The van der Waals surface area contributed by atoms with Crippen LogP contribution in [0.4, 0.5) is 0 Å². The van der Waals surface area contributed by atoms with Crippen LogP contribution in [-0.4, -0.2) is 41.5 Å². The molecule has 0 spiro atoms. The fraction of sp³-hybridized carbons (Fsp3) is 0.381. The molecule has 0 unspecified atom stereocenters. The molecule has 1 atom stereocenters. The van der Waals surface area contributed by atoms with Gasteiger partial charge in [-0.1, -0.05) is 18.2 Å². The second-order valence-electron chi connectivity index (χ2n) is 6.94. The van der Waals surface area contributed by atoms with Crippen LogP contribution in [0.3, 0.4) is 0 Å². The Morgan fingerprint density at radius 2 is 2.11 bits per heavy atom. The standard InChI is InChI=1S/C21H22N2O3S2/c24-19(14-26-20(25)10-9-16-6-4-12-27-16)23-11-3-5-15(13-23)21-22-17-7-1-2-8-18(17)28-21/h1-2,4,6-8,12,15H,3,5,9-11,13-14H2/t15-/m1/s1. The van der Waals surface area contributed by atoms with E-state index in [9.17, 15) is 9.59 Å². The lowest BCUT2D eigenvalue weighted by molar-refractivity contribution is -0.152. The molecule has 1 saturated heterocycles. The maximum Gasteiger partial charge on any atom is 0.306 e. The van der Waals surface area contributed by atoms with Crippen LogP contribution in [0.5, 0.6) is 0 Å². The molecular formula is C21H22N2O3S2. The van der Waals surface area contributed by atoms with Gasteiger partial charge in [-0.15, -0.1) is 22.7 Å². The molecule has 3 heterocycles. The minimum Gasteiger partial charge on any atom is -0.456 e. The molecule has 0 N–H and O–H groups in total. The predicted molar refractivity (Wildman–Crippen MR) is 112 cm³/mol. The number of rotatable bonds is 6. The first-order valence-corrected chi connectivity index (χ1v) is 11.2. The number of piperidine rings is 1. The lowest BCUT2D eigenvalue weighted by Gasteiger charge is -2.31. The third-order valence-electron chi connectivity index (χ3n) is 4.95. The maximum absolute atomic E-state index is 12.5. The number of likely N-dealkylation sites (tertiary alicyclic amines) is 1. The number of esters is 1. The Kier molecular flexibility index (Phi) is 6.02. The average Bonchev–Trinajstić information content (AvgIpc) is 3.40. The zero-order chi connectivity index (χ0) is 19.3. The van der Waals surface area contributed by atoms with Crippen LogP contribution in [0.25, 0.3) is 10.2 Å². The van der Waals surface area contributed by atoms with Crippen LogP contribution < -0.4 is 0 Å². The smallest absolute Gasteiger partial charge is 0.306 e. The quantitative estimate of drug-likeness (QED) is 0.566. The summed E-state index contributed by atoms with van der Waals surface area (Å²) < 4.78 is 6.39. The van der Waals surface area contributed by atoms with Gasteiger partial charge in [0.2, 0.25) is 0 Å². The monoisotopic (exact) mass is 414 g/mol. The minimum absolute atomic E-state index is 0.115. The van der Waals surface area contributed by atoms with Gasteiger partial charge >= 0.3 is 5.97 Å². The number of carbonyl (C=O) groups is 2. The lowest BCUT2D eigenvalue weighted by Crippen LogP contribution is -2.41. The number of amides is 1. The zero-order valence-corrected chi connectivity index (χ0v) is 17.1. The van der Waals surface area contributed by atoms with Crippen molar-refractivity contribution in [1.29, 1.82) is 0 Å². The molecule has 1 amide bonds. The van der Waals surface area contributed by atoms with Crippen molar-refractivity contribution < 1.29 is 14.3 Å². The molecule has 4 rings (SSSR count). The Balaban J connectivity index is 1.28. The van der Waals surface area contributed by atoms with Gasteiger partial charge in [-0.05, 0) is 42.8 Å². The highest BCUT2D eigenvalue weighted by molar-refractivity contribution is 7.18. The number of thiophene rings is 1.